The first-order valence-electron chi connectivity index (χ1n) is 6.55. The van der Waals surface area contributed by atoms with E-state index in [1.807, 2.05) is 0 Å². The predicted octanol–water partition coefficient (Wildman–Crippen LogP) is 3.11. The molecular weight excluding hydrogens is 210 g/mol. The standard InChI is InChI=1S/C15H23NO/c1-11-9-13(17-3)7-8-14(11)15-6-4-5-12(15)10-16-2/h7-9,12,15-16H,4-6,10H2,1-3H3. The number of benzene rings is 1. The molecular formula is C15H23NO. The van der Waals surface area contributed by atoms with Crippen molar-refractivity contribution < 1.29 is 4.74 Å². The van der Waals surface area contributed by atoms with Gasteiger partial charge in [0.05, 0.1) is 7.11 Å². The Morgan fingerprint density at radius 2 is 2.18 bits per heavy atom. The second kappa shape index (κ2) is 5.54. The predicted molar refractivity (Wildman–Crippen MR) is 71.7 cm³/mol. The normalized spacial score (nSPS) is 23.9. The van der Waals surface area contributed by atoms with Crippen LogP contribution in [0.1, 0.15) is 36.3 Å². The zero-order valence-corrected chi connectivity index (χ0v) is 11.1. The van der Waals surface area contributed by atoms with Crippen molar-refractivity contribution in [3.05, 3.63) is 29.3 Å². The fourth-order valence-electron chi connectivity index (χ4n) is 3.14. The van der Waals surface area contributed by atoms with Gasteiger partial charge in [-0.3, -0.25) is 0 Å². The van der Waals surface area contributed by atoms with Crippen molar-refractivity contribution >= 4 is 0 Å². The van der Waals surface area contributed by atoms with E-state index in [2.05, 4.69) is 37.5 Å². The van der Waals surface area contributed by atoms with Crippen LogP contribution in [0.3, 0.4) is 0 Å². The minimum absolute atomic E-state index is 0.730. The van der Waals surface area contributed by atoms with Gasteiger partial charge in [-0.2, -0.15) is 0 Å². The highest BCUT2D eigenvalue weighted by molar-refractivity contribution is 5.37. The minimum atomic E-state index is 0.730. The molecule has 1 aliphatic rings. The van der Waals surface area contributed by atoms with Crippen molar-refractivity contribution in [1.29, 1.82) is 0 Å². The third kappa shape index (κ3) is 2.63. The Kier molecular flexibility index (Phi) is 4.06. The van der Waals surface area contributed by atoms with Gasteiger partial charge in [0, 0.05) is 0 Å². The summed E-state index contributed by atoms with van der Waals surface area (Å²) < 4.78 is 5.27. The number of methoxy groups -OCH3 is 1. The molecule has 2 nitrogen and oxygen atoms in total. The lowest BCUT2D eigenvalue weighted by Gasteiger charge is -2.22. The maximum absolute atomic E-state index is 5.27. The van der Waals surface area contributed by atoms with Crippen molar-refractivity contribution in [2.75, 3.05) is 20.7 Å². The molecule has 2 rings (SSSR count). The van der Waals surface area contributed by atoms with Gasteiger partial charge >= 0.3 is 0 Å². The van der Waals surface area contributed by atoms with E-state index in [9.17, 15) is 0 Å². The van der Waals surface area contributed by atoms with Crippen molar-refractivity contribution in [3.63, 3.8) is 0 Å². The minimum Gasteiger partial charge on any atom is -0.497 e. The van der Waals surface area contributed by atoms with Crippen LogP contribution >= 0.6 is 0 Å². The molecule has 1 N–H and O–H groups in total. The highest BCUT2D eigenvalue weighted by atomic mass is 16.5. The summed E-state index contributed by atoms with van der Waals surface area (Å²) in [6.07, 6.45) is 4.05. The third-order valence-electron chi connectivity index (χ3n) is 4.00. The number of hydrogen-bond acceptors (Lipinski definition) is 2. The summed E-state index contributed by atoms with van der Waals surface area (Å²) in [4.78, 5) is 0. The molecule has 2 unspecified atom stereocenters. The van der Waals surface area contributed by atoms with E-state index >= 15 is 0 Å². The fraction of sp³-hybridized carbons (Fsp3) is 0.600. The topological polar surface area (TPSA) is 21.3 Å². The number of nitrogens with one attached hydrogen (secondary N) is 1. The molecule has 0 bridgehead atoms. The van der Waals surface area contributed by atoms with Gasteiger partial charge in [0.15, 0.2) is 0 Å². The molecule has 2 heteroatoms. The second-order valence-corrected chi connectivity index (χ2v) is 5.08. The van der Waals surface area contributed by atoms with Crippen molar-refractivity contribution in [3.8, 4) is 5.75 Å². The van der Waals surface area contributed by atoms with Gasteiger partial charge in [0.1, 0.15) is 5.75 Å². The van der Waals surface area contributed by atoms with Crippen LogP contribution in [0.2, 0.25) is 0 Å². The SMILES string of the molecule is CNCC1CCCC1c1ccc(OC)cc1C. The van der Waals surface area contributed by atoms with Gasteiger partial charge in [0.2, 0.25) is 0 Å². The Hall–Kier alpha value is -1.02. The van der Waals surface area contributed by atoms with Crippen molar-refractivity contribution in [2.45, 2.75) is 32.1 Å². The lowest BCUT2D eigenvalue weighted by Crippen LogP contribution is -2.21. The molecule has 2 atom stereocenters. The van der Waals surface area contributed by atoms with Crippen molar-refractivity contribution in [2.24, 2.45) is 5.92 Å². The molecule has 17 heavy (non-hydrogen) atoms. The Morgan fingerprint density at radius 1 is 1.35 bits per heavy atom. The monoisotopic (exact) mass is 233 g/mol. The number of aryl methyl sites for hydroxylation is 1. The summed E-state index contributed by atoms with van der Waals surface area (Å²) in [5, 5.41) is 3.33. The number of rotatable bonds is 4. The molecule has 1 aromatic carbocycles. The quantitative estimate of drug-likeness (QED) is 0.863. The second-order valence-electron chi connectivity index (χ2n) is 5.08. The average Bonchev–Trinajstić information content (AvgIpc) is 2.77. The summed E-state index contributed by atoms with van der Waals surface area (Å²) in [6, 6.07) is 6.51. The van der Waals surface area contributed by atoms with Crippen LogP contribution in [-0.4, -0.2) is 20.7 Å². The first kappa shape index (κ1) is 12.4. The van der Waals surface area contributed by atoms with E-state index in [-0.39, 0.29) is 0 Å². The van der Waals surface area contributed by atoms with E-state index in [0.717, 1.165) is 24.1 Å². The van der Waals surface area contributed by atoms with Gasteiger partial charge < -0.3 is 10.1 Å². The van der Waals surface area contributed by atoms with Gasteiger partial charge in [-0.1, -0.05) is 12.5 Å². The molecule has 1 saturated carbocycles. The molecule has 0 amide bonds. The van der Waals surface area contributed by atoms with Crippen LogP contribution in [0.4, 0.5) is 0 Å². The Bertz CT molecular complexity index is 375. The maximum Gasteiger partial charge on any atom is 0.119 e. The molecule has 0 saturated heterocycles. The van der Waals surface area contributed by atoms with Gasteiger partial charge in [0.25, 0.3) is 0 Å². The lowest BCUT2D eigenvalue weighted by molar-refractivity contribution is 0.413. The molecule has 1 aromatic rings. The molecule has 1 fully saturated rings. The zero-order chi connectivity index (χ0) is 12.3. The Balaban J connectivity index is 2.21. The Labute approximate surface area is 104 Å². The Morgan fingerprint density at radius 3 is 2.82 bits per heavy atom. The lowest BCUT2D eigenvalue weighted by atomic mass is 9.86. The number of hydrogen-bond donors (Lipinski definition) is 1. The first-order valence-corrected chi connectivity index (χ1v) is 6.55. The summed E-state index contributed by atoms with van der Waals surface area (Å²) in [5.41, 5.74) is 2.89. The molecule has 1 aliphatic carbocycles. The van der Waals surface area contributed by atoms with E-state index in [1.54, 1.807) is 7.11 Å². The van der Waals surface area contributed by atoms with Crippen LogP contribution in [0.25, 0.3) is 0 Å². The zero-order valence-electron chi connectivity index (χ0n) is 11.1. The van der Waals surface area contributed by atoms with E-state index < -0.39 is 0 Å². The molecule has 0 radical (unpaired) electrons. The summed E-state index contributed by atoms with van der Waals surface area (Å²) in [6.45, 7) is 3.34. The van der Waals surface area contributed by atoms with Crippen LogP contribution in [-0.2, 0) is 0 Å². The molecule has 0 heterocycles. The van der Waals surface area contributed by atoms with Gasteiger partial charge in [-0.05, 0) is 68.5 Å². The van der Waals surface area contributed by atoms with Gasteiger partial charge in [-0.15, -0.1) is 0 Å². The largest absolute Gasteiger partial charge is 0.497 e. The van der Waals surface area contributed by atoms with Crippen LogP contribution in [0.5, 0.6) is 5.75 Å². The summed E-state index contributed by atoms with van der Waals surface area (Å²) in [5.74, 6) is 2.50. The smallest absolute Gasteiger partial charge is 0.119 e. The molecule has 0 aliphatic heterocycles. The maximum atomic E-state index is 5.27. The number of ether oxygens (including phenoxy) is 1. The van der Waals surface area contributed by atoms with E-state index in [0.29, 0.717) is 0 Å². The fourth-order valence-corrected chi connectivity index (χ4v) is 3.14. The van der Waals surface area contributed by atoms with Crippen LogP contribution in [0, 0.1) is 12.8 Å². The average molecular weight is 233 g/mol. The first-order chi connectivity index (χ1) is 8.26. The summed E-state index contributed by atoms with van der Waals surface area (Å²) >= 11 is 0. The van der Waals surface area contributed by atoms with Crippen LogP contribution < -0.4 is 10.1 Å². The summed E-state index contributed by atoms with van der Waals surface area (Å²) in [7, 11) is 3.78. The molecule has 0 spiro atoms. The highest BCUT2D eigenvalue weighted by Gasteiger charge is 2.28. The van der Waals surface area contributed by atoms with Gasteiger partial charge in [-0.25, -0.2) is 0 Å². The van der Waals surface area contributed by atoms with E-state index in [4.69, 9.17) is 4.74 Å². The molecule has 94 valence electrons. The molecule has 0 aromatic heterocycles. The highest BCUT2D eigenvalue weighted by Crippen LogP contribution is 2.41. The van der Waals surface area contributed by atoms with E-state index in [1.165, 1.54) is 30.4 Å². The third-order valence-corrected chi connectivity index (χ3v) is 4.00. The van der Waals surface area contributed by atoms with Crippen molar-refractivity contribution in [1.82, 2.24) is 5.32 Å². The van der Waals surface area contributed by atoms with Crippen LogP contribution in [0.15, 0.2) is 18.2 Å².